The van der Waals surface area contributed by atoms with Gasteiger partial charge < -0.3 is 24.0 Å². The molecule has 3 aromatic carbocycles. The Hall–Kier alpha value is -5.28. The molecule has 1 aliphatic rings. The number of hydrogen-bond acceptors (Lipinski definition) is 7. The molecule has 7 rings (SSSR count). The van der Waals surface area contributed by atoms with Gasteiger partial charge in [-0.05, 0) is 81.8 Å². The van der Waals surface area contributed by atoms with Crippen molar-refractivity contribution in [1.82, 2.24) is 19.5 Å². The van der Waals surface area contributed by atoms with Crippen molar-refractivity contribution < 1.29 is 19.4 Å². The van der Waals surface area contributed by atoms with E-state index in [0.29, 0.717) is 29.7 Å². The van der Waals surface area contributed by atoms with E-state index in [-0.39, 0.29) is 0 Å². The van der Waals surface area contributed by atoms with Crippen molar-refractivity contribution in [3.8, 4) is 22.8 Å². The lowest BCUT2D eigenvalue weighted by Gasteiger charge is -2.35. The first-order valence-corrected chi connectivity index (χ1v) is 15.8. The van der Waals surface area contributed by atoms with Gasteiger partial charge in [0.2, 0.25) is 11.8 Å². The fraction of sp³-hybridized carbons (Fsp3) is 0.263. The van der Waals surface area contributed by atoms with Crippen LogP contribution in [0.2, 0.25) is 0 Å². The van der Waals surface area contributed by atoms with Crippen LogP contribution in [0.5, 0.6) is 11.6 Å². The van der Waals surface area contributed by atoms with Crippen LogP contribution in [-0.2, 0) is 16.1 Å². The van der Waals surface area contributed by atoms with Crippen LogP contribution in [0.25, 0.3) is 32.8 Å². The molecular formula is C38H37N5O4. The summed E-state index contributed by atoms with van der Waals surface area (Å²) in [5.74, 6) is 0.408. The highest BCUT2D eigenvalue weighted by molar-refractivity contribution is 6.08. The van der Waals surface area contributed by atoms with Gasteiger partial charge in [0.15, 0.2) is 11.9 Å². The van der Waals surface area contributed by atoms with Crippen molar-refractivity contribution in [2.24, 2.45) is 0 Å². The first-order chi connectivity index (χ1) is 22.5. The van der Waals surface area contributed by atoms with Crippen LogP contribution in [-0.4, -0.2) is 42.7 Å². The molecule has 9 nitrogen and oxygen atoms in total. The van der Waals surface area contributed by atoms with Gasteiger partial charge in [0, 0.05) is 41.3 Å². The number of anilines is 2. The maximum absolute atomic E-state index is 13.0. The number of nitrogens with zero attached hydrogens (tertiary/aromatic N) is 5. The molecule has 3 aromatic heterocycles. The monoisotopic (exact) mass is 627 g/mol. The largest absolute Gasteiger partial charge is 0.479 e. The van der Waals surface area contributed by atoms with Crippen LogP contribution >= 0.6 is 0 Å². The van der Waals surface area contributed by atoms with Crippen molar-refractivity contribution in [1.29, 1.82) is 0 Å². The van der Waals surface area contributed by atoms with Crippen LogP contribution in [0, 0.1) is 20.8 Å². The molecule has 1 N–H and O–H groups in total. The minimum atomic E-state index is -1.20. The number of fused-ring (bicyclic) bond motifs is 1. The SMILES string of the molecule is Cc1ccc(-c2c([C@H](OC(C)(C)C)C(=O)O)c(C)c3c4c2cc(C)n4CCN3c2ncc(Oc3nccc4ccccc34)cn2)cc1. The molecule has 0 fully saturated rings. The molecule has 0 unspecified atom stereocenters. The first-order valence-electron chi connectivity index (χ1n) is 15.8. The van der Waals surface area contributed by atoms with E-state index in [9.17, 15) is 9.90 Å². The van der Waals surface area contributed by atoms with Crippen molar-refractivity contribution in [2.75, 3.05) is 11.4 Å². The number of hydrogen-bond donors (Lipinski definition) is 1. The maximum Gasteiger partial charge on any atom is 0.337 e. The summed E-state index contributed by atoms with van der Waals surface area (Å²) in [6, 6.07) is 20.3. The third-order valence-corrected chi connectivity index (χ3v) is 8.65. The topological polar surface area (TPSA) is 103 Å². The van der Waals surface area contributed by atoms with Crippen molar-refractivity contribution in [2.45, 2.75) is 59.8 Å². The van der Waals surface area contributed by atoms with Crippen molar-refractivity contribution in [3.05, 3.63) is 102 Å². The lowest BCUT2D eigenvalue weighted by atomic mass is 9.87. The van der Waals surface area contributed by atoms with Gasteiger partial charge in [0.1, 0.15) is 0 Å². The zero-order chi connectivity index (χ0) is 33.0. The molecule has 6 aromatic rings. The number of aryl methyl sites for hydroxylation is 2. The highest BCUT2D eigenvalue weighted by Crippen LogP contribution is 2.49. The normalized spacial score (nSPS) is 13.7. The number of ether oxygens (including phenoxy) is 2. The summed E-state index contributed by atoms with van der Waals surface area (Å²) in [5, 5.41) is 13.6. The van der Waals surface area contributed by atoms with Crippen LogP contribution in [0.1, 0.15) is 49.3 Å². The first kappa shape index (κ1) is 30.4. The quantitative estimate of drug-likeness (QED) is 0.188. The maximum atomic E-state index is 13.0. The minimum absolute atomic E-state index is 0.468. The van der Waals surface area contributed by atoms with E-state index in [1.54, 1.807) is 18.6 Å². The zero-order valence-corrected chi connectivity index (χ0v) is 27.4. The Bertz CT molecular complexity index is 2140. The summed E-state index contributed by atoms with van der Waals surface area (Å²) in [7, 11) is 0. The van der Waals surface area contributed by atoms with Gasteiger partial charge in [0.05, 0.1) is 29.2 Å². The standard InChI is InChI=1S/C38H37N5O4/c1-22-11-13-26(14-12-22)31-29-19-23(2)42-17-18-43(32(33(29)42)24(3)30(31)34(36(44)45)47-38(4,5)6)37-40-20-27(21-41-37)46-35-28-10-8-7-9-25(28)15-16-39-35/h7-16,19-21,34H,17-18H2,1-6H3,(H,44,45)/t34-/m0/s1. The van der Waals surface area contributed by atoms with Gasteiger partial charge in [-0.25, -0.2) is 19.7 Å². The predicted octanol–water partition coefficient (Wildman–Crippen LogP) is 8.46. The van der Waals surface area contributed by atoms with Crippen LogP contribution in [0.4, 0.5) is 11.6 Å². The average Bonchev–Trinajstić information content (AvgIpc) is 3.38. The Morgan fingerprint density at radius 2 is 1.64 bits per heavy atom. The Labute approximate surface area is 273 Å². The molecule has 47 heavy (non-hydrogen) atoms. The lowest BCUT2D eigenvalue weighted by molar-refractivity contribution is -0.160. The van der Waals surface area contributed by atoms with Crippen molar-refractivity contribution >= 4 is 39.3 Å². The molecule has 9 heteroatoms. The number of carbonyl (C=O) groups is 1. The minimum Gasteiger partial charge on any atom is -0.479 e. The molecule has 0 saturated carbocycles. The van der Waals surface area contributed by atoms with Crippen LogP contribution in [0.15, 0.2) is 79.3 Å². The van der Waals surface area contributed by atoms with E-state index in [4.69, 9.17) is 19.4 Å². The Morgan fingerprint density at radius 1 is 0.915 bits per heavy atom. The molecule has 238 valence electrons. The molecule has 1 aliphatic heterocycles. The molecule has 4 heterocycles. The van der Waals surface area contributed by atoms with Crippen LogP contribution < -0.4 is 9.64 Å². The van der Waals surface area contributed by atoms with Crippen LogP contribution in [0.3, 0.4) is 0 Å². The molecular weight excluding hydrogens is 590 g/mol. The predicted molar refractivity (Wildman–Crippen MR) is 184 cm³/mol. The van der Waals surface area contributed by atoms with E-state index in [2.05, 4.69) is 51.7 Å². The molecule has 0 radical (unpaired) electrons. The summed E-state index contributed by atoms with van der Waals surface area (Å²) >= 11 is 0. The van der Waals surface area contributed by atoms with E-state index < -0.39 is 17.7 Å². The van der Waals surface area contributed by atoms with E-state index in [1.165, 1.54) is 0 Å². The zero-order valence-electron chi connectivity index (χ0n) is 27.4. The Kier molecular flexibility index (Phi) is 7.44. The summed E-state index contributed by atoms with van der Waals surface area (Å²) < 4.78 is 14.8. The van der Waals surface area contributed by atoms with Gasteiger partial charge in [0.25, 0.3) is 0 Å². The summed E-state index contributed by atoms with van der Waals surface area (Å²) in [6.45, 7) is 13.1. The highest BCUT2D eigenvalue weighted by Gasteiger charge is 2.36. The molecule has 0 spiro atoms. The fourth-order valence-corrected chi connectivity index (χ4v) is 6.62. The number of benzene rings is 3. The average molecular weight is 628 g/mol. The van der Waals surface area contributed by atoms with Gasteiger partial charge >= 0.3 is 5.97 Å². The number of carboxylic acid groups (broad SMARTS) is 1. The van der Waals surface area contributed by atoms with Gasteiger partial charge in [-0.1, -0.05) is 48.0 Å². The summed E-state index contributed by atoms with van der Waals surface area (Å²) in [4.78, 5) is 29.0. The number of rotatable bonds is 7. The third kappa shape index (κ3) is 5.46. The highest BCUT2D eigenvalue weighted by atomic mass is 16.5. The fourth-order valence-electron chi connectivity index (χ4n) is 6.62. The molecule has 0 amide bonds. The van der Waals surface area contributed by atoms with E-state index in [0.717, 1.165) is 61.9 Å². The smallest absolute Gasteiger partial charge is 0.337 e. The Balaban J connectivity index is 1.39. The lowest BCUT2D eigenvalue weighted by Crippen LogP contribution is -2.32. The van der Waals surface area contributed by atoms with Gasteiger partial charge in [-0.3, -0.25) is 0 Å². The molecule has 1 atom stereocenters. The molecule has 0 bridgehead atoms. The number of aliphatic carboxylic acids is 1. The second-order valence-electron chi connectivity index (χ2n) is 13.1. The number of aromatic nitrogens is 4. The second-order valence-corrected chi connectivity index (χ2v) is 13.1. The number of pyridine rings is 1. The second kappa shape index (κ2) is 11.5. The van der Waals surface area contributed by atoms with Crippen molar-refractivity contribution in [3.63, 3.8) is 0 Å². The van der Waals surface area contributed by atoms with Gasteiger partial charge in [-0.2, -0.15) is 0 Å². The summed E-state index contributed by atoms with van der Waals surface area (Å²) in [6.07, 6.45) is 3.82. The molecule has 0 saturated heterocycles. The van der Waals surface area contributed by atoms with E-state index >= 15 is 0 Å². The molecule has 0 aliphatic carbocycles. The Morgan fingerprint density at radius 3 is 2.34 bits per heavy atom. The van der Waals surface area contributed by atoms with E-state index in [1.807, 2.05) is 65.0 Å². The number of carboxylic acids is 1. The van der Waals surface area contributed by atoms with Gasteiger partial charge in [-0.15, -0.1) is 0 Å². The third-order valence-electron chi connectivity index (χ3n) is 8.65. The summed E-state index contributed by atoms with van der Waals surface area (Å²) in [5.41, 5.74) is 6.67.